The van der Waals surface area contributed by atoms with Crippen LogP contribution in [0.25, 0.3) is 0 Å². The number of hydrogen-bond donors (Lipinski definition) is 0. The Bertz CT molecular complexity index is 269. The predicted octanol–water partition coefficient (Wildman–Crippen LogP) is 2.17. The Balaban J connectivity index is 0.00000169. The molecular formula is C10H16O3S. The lowest BCUT2D eigenvalue weighted by molar-refractivity contribution is -0.139. The number of ketones is 1. The summed E-state index contributed by atoms with van der Waals surface area (Å²) in [5, 5.41) is 0. The fraction of sp³-hybridized carbons (Fsp3) is 0.600. The van der Waals surface area contributed by atoms with Crippen molar-refractivity contribution in [2.75, 3.05) is 12.4 Å². The number of carbonyl (C=O) groups excluding carboxylic acids is 2. The maximum Gasteiger partial charge on any atom is 0.302 e. The van der Waals surface area contributed by atoms with Gasteiger partial charge in [-0.3, -0.25) is 9.59 Å². The zero-order valence-corrected chi connectivity index (χ0v) is 8.57. The Kier molecular flexibility index (Phi) is 5.53. The molecule has 0 aliphatic carbocycles. The third kappa shape index (κ3) is 3.54. The molecule has 0 aromatic heterocycles. The molecule has 1 aliphatic rings. The van der Waals surface area contributed by atoms with Gasteiger partial charge in [0.05, 0.1) is 0 Å². The molecule has 0 aromatic rings. The summed E-state index contributed by atoms with van der Waals surface area (Å²) < 4.78 is 4.83. The molecule has 0 atom stereocenters. The molecule has 1 heterocycles. The van der Waals surface area contributed by atoms with Crippen LogP contribution in [-0.4, -0.2) is 24.1 Å². The molecule has 0 radical (unpaired) electrons. The Morgan fingerprint density at radius 1 is 1.57 bits per heavy atom. The highest BCUT2D eigenvalue weighted by molar-refractivity contribution is 8.03. The normalized spacial score (nSPS) is 16.3. The first-order chi connectivity index (χ1) is 6.11. The Labute approximate surface area is 88.9 Å². The number of esters is 1. The van der Waals surface area contributed by atoms with E-state index in [0.29, 0.717) is 6.42 Å². The van der Waals surface area contributed by atoms with Gasteiger partial charge in [-0.05, 0) is 6.92 Å². The first kappa shape index (κ1) is 13.2. The van der Waals surface area contributed by atoms with Gasteiger partial charge in [-0.15, -0.1) is 11.8 Å². The van der Waals surface area contributed by atoms with Gasteiger partial charge in [0.2, 0.25) is 0 Å². The number of carbonyl (C=O) groups is 2. The molecule has 0 saturated heterocycles. The summed E-state index contributed by atoms with van der Waals surface area (Å²) in [7, 11) is 0. The minimum Gasteiger partial charge on any atom is -0.460 e. The van der Waals surface area contributed by atoms with E-state index in [9.17, 15) is 9.59 Å². The lowest BCUT2D eigenvalue weighted by atomic mass is 10.1. The first-order valence-corrected chi connectivity index (χ1v) is 5.09. The van der Waals surface area contributed by atoms with Gasteiger partial charge in [0.1, 0.15) is 6.61 Å². The molecule has 0 fully saturated rings. The summed E-state index contributed by atoms with van der Waals surface area (Å²) in [5.41, 5.74) is 0.748. The maximum atomic E-state index is 11.2. The Morgan fingerprint density at radius 3 is 2.79 bits per heavy atom. The van der Waals surface area contributed by atoms with Crippen molar-refractivity contribution in [2.24, 2.45) is 0 Å². The van der Waals surface area contributed by atoms with E-state index in [-0.39, 0.29) is 25.8 Å². The minimum atomic E-state index is -0.307. The highest BCUT2D eigenvalue weighted by Gasteiger charge is 2.17. The van der Waals surface area contributed by atoms with Gasteiger partial charge in [0, 0.05) is 29.6 Å². The van der Waals surface area contributed by atoms with E-state index < -0.39 is 0 Å². The molecule has 4 heteroatoms. The Hall–Kier alpha value is -0.770. The van der Waals surface area contributed by atoms with Crippen molar-refractivity contribution in [1.29, 1.82) is 0 Å². The van der Waals surface area contributed by atoms with E-state index in [0.717, 1.165) is 16.2 Å². The molecule has 0 spiro atoms. The van der Waals surface area contributed by atoms with E-state index in [1.165, 1.54) is 6.92 Å². The number of thioether (sulfide) groups is 1. The van der Waals surface area contributed by atoms with Gasteiger partial charge in [-0.2, -0.15) is 0 Å². The SMILES string of the molecule is C.CC(=O)OCC1=C(C)C(=O)CCS1. The summed E-state index contributed by atoms with van der Waals surface area (Å²) in [6.45, 7) is 3.40. The largest absolute Gasteiger partial charge is 0.460 e. The van der Waals surface area contributed by atoms with Crippen molar-refractivity contribution < 1.29 is 14.3 Å². The van der Waals surface area contributed by atoms with Gasteiger partial charge in [-0.25, -0.2) is 0 Å². The third-order valence-corrected chi connectivity index (χ3v) is 3.03. The predicted molar refractivity (Wildman–Crippen MR) is 58.1 cm³/mol. The summed E-state index contributed by atoms with van der Waals surface area (Å²) in [4.78, 5) is 22.7. The van der Waals surface area contributed by atoms with Crippen molar-refractivity contribution in [3.05, 3.63) is 10.5 Å². The number of Topliss-reactive ketones (excluding diaryl/α,β-unsaturated/α-hetero) is 1. The Morgan fingerprint density at radius 2 is 2.21 bits per heavy atom. The first-order valence-electron chi connectivity index (χ1n) is 4.10. The zero-order valence-electron chi connectivity index (χ0n) is 7.75. The summed E-state index contributed by atoms with van der Waals surface area (Å²) in [5.74, 6) is 0.659. The van der Waals surface area contributed by atoms with Crippen LogP contribution in [0, 0.1) is 0 Å². The van der Waals surface area contributed by atoms with Gasteiger partial charge < -0.3 is 4.74 Å². The van der Waals surface area contributed by atoms with Crippen molar-refractivity contribution in [2.45, 2.75) is 27.7 Å². The molecule has 0 aromatic carbocycles. The van der Waals surface area contributed by atoms with Crippen LogP contribution in [-0.2, 0) is 14.3 Å². The summed E-state index contributed by atoms with van der Waals surface area (Å²) in [6, 6.07) is 0. The summed E-state index contributed by atoms with van der Waals surface area (Å²) >= 11 is 1.60. The van der Waals surface area contributed by atoms with Crippen LogP contribution in [0.5, 0.6) is 0 Å². The molecule has 0 bridgehead atoms. The van der Waals surface area contributed by atoms with E-state index in [2.05, 4.69) is 0 Å². The van der Waals surface area contributed by atoms with E-state index >= 15 is 0 Å². The molecule has 3 nitrogen and oxygen atoms in total. The van der Waals surface area contributed by atoms with Gasteiger partial charge in [0.15, 0.2) is 5.78 Å². The number of ether oxygens (including phenoxy) is 1. The van der Waals surface area contributed by atoms with E-state index in [1.54, 1.807) is 18.7 Å². The van der Waals surface area contributed by atoms with Crippen molar-refractivity contribution in [3.8, 4) is 0 Å². The molecule has 0 N–H and O–H groups in total. The molecule has 14 heavy (non-hydrogen) atoms. The lowest BCUT2D eigenvalue weighted by Gasteiger charge is -2.15. The third-order valence-electron chi connectivity index (χ3n) is 1.85. The second kappa shape index (κ2) is 5.86. The van der Waals surface area contributed by atoms with E-state index in [4.69, 9.17) is 4.74 Å². The number of hydrogen-bond acceptors (Lipinski definition) is 4. The van der Waals surface area contributed by atoms with Crippen molar-refractivity contribution in [1.82, 2.24) is 0 Å². The topological polar surface area (TPSA) is 43.4 Å². The molecule has 0 saturated carbocycles. The standard InChI is InChI=1S/C9H12O3S.CH4/c1-6-8(11)3-4-13-9(6)5-12-7(2)10;/h3-5H2,1-2H3;1H4. The van der Waals surface area contributed by atoms with Gasteiger partial charge >= 0.3 is 5.97 Å². The monoisotopic (exact) mass is 216 g/mol. The maximum absolute atomic E-state index is 11.2. The second-order valence-corrected chi connectivity index (χ2v) is 4.04. The van der Waals surface area contributed by atoms with Crippen LogP contribution in [0.3, 0.4) is 0 Å². The average Bonchev–Trinajstić information content (AvgIpc) is 2.07. The molecule has 0 unspecified atom stereocenters. The molecule has 0 amide bonds. The molecule has 1 rings (SSSR count). The van der Waals surface area contributed by atoms with E-state index in [1.807, 2.05) is 0 Å². The fourth-order valence-corrected chi connectivity index (χ4v) is 2.04. The van der Waals surface area contributed by atoms with Crippen LogP contribution >= 0.6 is 11.8 Å². The van der Waals surface area contributed by atoms with Crippen LogP contribution in [0.2, 0.25) is 0 Å². The zero-order chi connectivity index (χ0) is 9.84. The van der Waals surface area contributed by atoms with Crippen LogP contribution in [0.4, 0.5) is 0 Å². The van der Waals surface area contributed by atoms with Crippen LogP contribution in [0.1, 0.15) is 27.7 Å². The molecular weight excluding hydrogens is 200 g/mol. The van der Waals surface area contributed by atoms with Gasteiger partial charge in [-0.1, -0.05) is 7.43 Å². The number of allylic oxidation sites excluding steroid dienone is 1. The van der Waals surface area contributed by atoms with Crippen molar-refractivity contribution in [3.63, 3.8) is 0 Å². The molecule has 80 valence electrons. The second-order valence-electron chi connectivity index (χ2n) is 2.85. The lowest BCUT2D eigenvalue weighted by Crippen LogP contribution is -2.13. The van der Waals surface area contributed by atoms with Gasteiger partial charge in [0.25, 0.3) is 0 Å². The molecule has 1 aliphatic heterocycles. The smallest absolute Gasteiger partial charge is 0.302 e. The highest BCUT2D eigenvalue weighted by atomic mass is 32.2. The highest BCUT2D eigenvalue weighted by Crippen LogP contribution is 2.27. The van der Waals surface area contributed by atoms with Crippen LogP contribution in [0.15, 0.2) is 10.5 Å². The quantitative estimate of drug-likeness (QED) is 0.663. The summed E-state index contributed by atoms with van der Waals surface area (Å²) in [6.07, 6.45) is 0.597. The van der Waals surface area contributed by atoms with Crippen molar-refractivity contribution >= 4 is 23.5 Å². The minimum absolute atomic E-state index is 0. The fourth-order valence-electron chi connectivity index (χ4n) is 1.04. The average molecular weight is 216 g/mol. The number of rotatable bonds is 2. The van der Waals surface area contributed by atoms with Crippen LogP contribution < -0.4 is 0 Å².